The highest BCUT2D eigenvalue weighted by atomic mass is 16.5. The van der Waals surface area contributed by atoms with E-state index >= 15 is 0 Å². The molecule has 1 heterocycles. The average molecular weight is 276 g/mol. The Kier molecular flexibility index (Phi) is 5.41. The molecular weight excluding hydrogens is 252 g/mol. The van der Waals surface area contributed by atoms with Crippen LogP contribution in [0.1, 0.15) is 38.2 Å². The monoisotopic (exact) mass is 276 g/mol. The van der Waals surface area contributed by atoms with Crippen LogP contribution in [0.4, 0.5) is 5.69 Å². The summed E-state index contributed by atoms with van der Waals surface area (Å²) >= 11 is 0. The minimum atomic E-state index is -0.0896. The lowest BCUT2D eigenvalue weighted by Gasteiger charge is -2.17. The number of carbonyl (C=O) groups is 1. The Morgan fingerprint density at radius 2 is 2.25 bits per heavy atom. The zero-order valence-electron chi connectivity index (χ0n) is 12.4. The Morgan fingerprint density at radius 1 is 1.40 bits per heavy atom. The molecule has 1 amide bonds. The fourth-order valence-electron chi connectivity index (χ4n) is 2.48. The van der Waals surface area contributed by atoms with Crippen LogP contribution in [0, 0.1) is 6.92 Å². The molecule has 1 unspecified atom stereocenters. The molecule has 2 N–H and O–H groups in total. The minimum absolute atomic E-state index is 0.0386. The van der Waals surface area contributed by atoms with E-state index in [4.69, 9.17) is 4.74 Å². The fraction of sp³-hybridized carbons (Fsp3) is 0.562. The van der Waals surface area contributed by atoms with Crippen molar-refractivity contribution in [3.8, 4) is 5.75 Å². The molecule has 1 aromatic carbocycles. The van der Waals surface area contributed by atoms with E-state index in [0.29, 0.717) is 6.61 Å². The third-order valence-electron chi connectivity index (χ3n) is 3.57. The number of carbonyl (C=O) groups excluding carboxylic acids is 1. The SMILES string of the molecule is CCOc1cc(C)ccc1NC(=O)C1CCCCCN1. The van der Waals surface area contributed by atoms with Crippen LogP contribution < -0.4 is 15.4 Å². The van der Waals surface area contributed by atoms with Crippen molar-refractivity contribution in [1.82, 2.24) is 5.32 Å². The van der Waals surface area contributed by atoms with E-state index in [2.05, 4.69) is 10.6 Å². The van der Waals surface area contributed by atoms with Gasteiger partial charge in [0.25, 0.3) is 0 Å². The lowest BCUT2D eigenvalue weighted by atomic mass is 10.1. The van der Waals surface area contributed by atoms with Crippen molar-refractivity contribution < 1.29 is 9.53 Å². The number of hydrogen-bond acceptors (Lipinski definition) is 3. The summed E-state index contributed by atoms with van der Waals surface area (Å²) in [5.74, 6) is 0.783. The maximum absolute atomic E-state index is 12.3. The highest BCUT2D eigenvalue weighted by Gasteiger charge is 2.20. The molecule has 2 rings (SSSR count). The van der Waals surface area contributed by atoms with Crippen molar-refractivity contribution in [2.24, 2.45) is 0 Å². The van der Waals surface area contributed by atoms with Crippen molar-refractivity contribution in [1.29, 1.82) is 0 Å². The first kappa shape index (κ1) is 14.9. The van der Waals surface area contributed by atoms with Crippen molar-refractivity contribution in [3.05, 3.63) is 23.8 Å². The summed E-state index contributed by atoms with van der Waals surface area (Å²) in [4.78, 5) is 12.3. The number of nitrogens with one attached hydrogen (secondary N) is 2. The molecule has 4 nitrogen and oxygen atoms in total. The minimum Gasteiger partial charge on any atom is -0.492 e. The van der Waals surface area contributed by atoms with Crippen LogP contribution in [0.2, 0.25) is 0 Å². The summed E-state index contributed by atoms with van der Waals surface area (Å²) < 4.78 is 5.60. The molecule has 0 bridgehead atoms. The van der Waals surface area contributed by atoms with Gasteiger partial charge in [0.15, 0.2) is 0 Å². The molecule has 1 aromatic rings. The van der Waals surface area contributed by atoms with E-state index < -0.39 is 0 Å². The second-order valence-corrected chi connectivity index (χ2v) is 5.28. The average Bonchev–Trinajstić information content (AvgIpc) is 2.71. The van der Waals surface area contributed by atoms with Crippen LogP contribution in [0.5, 0.6) is 5.75 Å². The molecule has 1 aliphatic heterocycles. The van der Waals surface area contributed by atoms with Gasteiger partial charge in [-0.25, -0.2) is 0 Å². The molecule has 20 heavy (non-hydrogen) atoms. The Bertz CT molecular complexity index is 452. The standard InChI is InChI=1S/C16H24N2O2/c1-3-20-15-11-12(2)8-9-13(15)18-16(19)14-7-5-4-6-10-17-14/h8-9,11,14,17H,3-7,10H2,1-2H3,(H,18,19). The third kappa shape index (κ3) is 3.97. The fourth-order valence-corrected chi connectivity index (χ4v) is 2.48. The van der Waals surface area contributed by atoms with E-state index in [1.165, 1.54) is 6.42 Å². The van der Waals surface area contributed by atoms with Crippen LogP contribution in [-0.4, -0.2) is 25.1 Å². The van der Waals surface area contributed by atoms with Crippen LogP contribution >= 0.6 is 0 Å². The van der Waals surface area contributed by atoms with Gasteiger partial charge in [-0.3, -0.25) is 4.79 Å². The smallest absolute Gasteiger partial charge is 0.241 e. The van der Waals surface area contributed by atoms with Gasteiger partial charge in [0.1, 0.15) is 5.75 Å². The molecule has 1 saturated heterocycles. The molecule has 0 spiro atoms. The molecular formula is C16H24N2O2. The molecule has 0 aromatic heterocycles. The second kappa shape index (κ2) is 7.29. The number of aryl methyl sites for hydroxylation is 1. The van der Waals surface area contributed by atoms with Gasteiger partial charge in [-0.2, -0.15) is 0 Å². The molecule has 0 radical (unpaired) electrons. The summed E-state index contributed by atoms with van der Waals surface area (Å²) in [5, 5.41) is 6.31. The van der Waals surface area contributed by atoms with Gasteiger partial charge in [-0.05, 0) is 50.9 Å². The quantitative estimate of drug-likeness (QED) is 0.889. The lowest BCUT2D eigenvalue weighted by Crippen LogP contribution is -2.39. The largest absolute Gasteiger partial charge is 0.492 e. The zero-order chi connectivity index (χ0) is 14.4. The van der Waals surface area contributed by atoms with E-state index in [-0.39, 0.29) is 11.9 Å². The normalized spacial score (nSPS) is 19.2. The number of amides is 1. The zero-order valence-corrected chi connectivity index (χ0v) is 12.4. The first-order valence-corrected chi connectivity index (χ1v) is 7.48. The second-order valence-electron chi connectivity index (χ2n) is 5.28. The summed E-state index contributed by atoms with van der Waals surface area (Å²) in [5.41, 5.74) is 1.88. The molecule has 1 aliphatic rings. The molecule has 110 valence electrons. The van der Waals surface area contributed by atoms with Gasteiger partial charge < -0.3 is 15.4 Å². The Morgan fingerprint density at radius 3 is 3.05 bits per heavy atom. The lowest BCUT2D eigenvalue weighted by molar-refractivity contribution is -0.118. The van der Waals surface area contributed by atoms with E-state index in [0.717, 1.165) is 42.8 Å². The first-order chi connectivity index (χ1) is 9.70. The van der Waals surface area contributed by atoms with Gasteiger partial charge in [0.05, 0.1) is 18.3 Å². The van der Waals surface area contributed by atoms with Gasteiger partial charge in [0.2, 0.25) is 5.91 Å². The Hall–Kier alpha value is -1.55. The highest BCUT2D eigenvalue weighted by Crippen LogP contribution is 2.26. The summed E-state index contributed by atoms with van der Waals surface area (Å²) in [6.07, 6.45) is 4.36. The Labute approximate surface area is 120 Å². The molecule has 0 saturated carbocycles. The van der Waals surface area contributed by atoms with Crippen LogP contribution in [-0.2, 0) is 4.79 Å². The van der Waals surface area contributed by atoms with Crippen molar-refractivity contribution >= 4 is 11.6 Å². The molecule has 1 fully saturated rings. The summed E-state index contributed by atoms with van der Waals surface area (Å²) in [6, 6.07) is 5.76. The van der Waals surface area contributed by atoms with Gasteiger partial charge in [-0.1, -0.05) is 18.9 Å². The van der Waals surface area contributed by atoms with Crippen LogP contribution in [0.25, 0.3) is 0 Å². The molecule has 1 atom stereocenters. The van der Waals surface area contributed by atoms with Gasteiger partial charge >= 0.3 is 0 Å². The number of benzene rings is 1. The predicted octanol–water partition coefficient (Wildman–Crippen LogP) is 2.86. The third-order valence-corrected chi connectivity index (χ3v) is 3.57. The van der Waals surface area contributed by atoms with E-state index in [9.17, 15) is 4.79 Å². The molecule has 4 heteroatoms. The van der Waals surface area contributed by atoms with Gasteiger partial charge in [-0.15, -0.1) is 0 Å². The van der Waals surface area contributed by atoms with Crippen LogP contribution in [0.15, 0.2) is 18.2 Å². The predicted molar refractivity (Wildman–Crippen MR) is 81.2 cm³/mol. The van der Waals surface area contributed by atoms with Crippen molar-refractivity contribution in [2.45, 2.75) is 45.6 Å². The number of ether oxygens (including phenoxy) is 1. The highest BCUT2D eigenvalue weighted by molar-refractivity contribution is 5.96. The maximum atomic E-state index is 12.3. The first-order valence-electron chi connectivity index (χ1n) is 7.48. The summed E-state index contributed by atoms with van der Waals surface area (Å²) in [6.45, 7) is 5.47. The van der Waals surface area contributed by atoms with Crippen molar-refractivity contribution in [2.75, 3.05) is 18.5 Å². The van der Waals surface area contributed by atoms with Gasteiger partial charge in [0, 0.05) is 0 Å². The maximum Gasteiger partial charge on any atom is 0.241 e. The number of rotatable bonds is 4. The van der Waals surface area contributed by atoms with E-state index in [1.807, 2.05) is 32.0 Å². The topological polar surface area (TPSA) is 50.4 Å². The molecule has 0 aliphatic carbocycles. The van der Waals surface area contributed by atoms with Crippen LogP contribution in [0.3, 0.4) is 0 Å². The van der Waals surface area contributed by atoms with E-state index in [1.54, 1.807) is 0 Å². The summed E-state index contributed by atoms with van der Waals surface area (Å²) in [7, 11) is 0. The number of anilines is 1. The Balaban J connectivity index is 2.06. The number of hydrogen-bond donors (Lipinski definition) is 2. The van der Waals surface area contributed by atoms with Crippen molar-refractivity contribution in [3.63, 3.8) is 0 Å².